The number of unbranched alkanes of at least 4 members (excludes halogenated alkanes) is 1. The number of nitrogens with zero attached hydrogens (tertiary/aromatic N) is 1. The van der Waals surface area contributed by atoms with E-state index >= 15 is 0 Å². The van der Waals surface area contributed by atoms with Gasteiger partial charge in [0, 0.05) is 11.4 Å². The number of hydrogen-bond acceptors (Lipinski definition) is 1. The summed E-state index contributed by atoms with van der Waals surface area (Å²) < 4.78 is 0. The minimum atomic E-state index is 0.638. The first-order valence-electron chi connectivity index (χ1n) is 14.1. The maximum absolute atomic E-state index is 4.46. The fourth-order valence-electron chi connectivity index (χ4n) is 2.99. The number of hydrogen-bond donors (Lipinski definition) is 0. The van der Waals surface area contributed by atoms with Gasteiger partial charge in [-0.25, -0.2) is 0 Å². The fraction of sp³-hybridized carbons (Fsp3) is 0.839. The van der Waals surface area contributed by atoms with Crippen LogP contribution in [0.3, 0.4) is 0 Å². The van der Waals surface area contributed by atoms with Crippen LogP contribution in [0.5, 0.6) is 0 Å². The van der Waals surface area contributed by atoms with Gasteiger partial charge in [-0.05, 0) is 43.6 Å². The van der Waals surface area contributed by atoms with Crippen LogP contribution in [0, 0.1) is 17.8 Å². The Balaban J connectivity index is -0.000000194. The Morgan fingerprint density at radius 3 is 1.56 bits per heavy atom. The Hall–Kier alpha value is -0.850. The zero-order valence-corrected chi connectivity index (χ0v) is 24.8. The molecule has 0 bridgehead atoms. The van der Waals surface area contributed by atoms with E-state index in [1.165, 1.54) is 64.2 Å². The van der Waals surface area contributed by atoms with Gasteiger partial charge in [0.1, 0.15) is 0 Å². The third-order valence-corrected chi connectivity index (χ3v) is 5.50. The molecule has 2 unspecified atom stereocenters. The summed E-state index contributed by atoms with van der Waals surface area (Å²) in [5.74, 6) is 2.55. The zero-order chi connectivity index (χ0) is 25.8. The molecular weight excluding hydrogens is 386 g/mol. The quantitative estimate of drug-likeness (QED) is 0.233. The summed E-state index contributed by atoms with van der Waals surface area (Å²) >= 11 is 0. The first-order valence-corrected chi connectivity index (χ1v) is 14.1. The van der Waals surface area contributed by atoms with Gasteiger partial charge in [0.15, 0.2) is 0 Å². The lowest BCUT2D eigenvalue weighted by Gasteiger charge is -2.05. The van der Waals surface area contributed by atoms with E-state index in [2.05, 4.69) is 86.0 Å². The lowest BCUT2D eigenvalue weighted by Crippen LogP contribution is -1.91. The molecule has 0 spiro atoms. The molecule has 1 heteroatoms. The first kappa shape index (κ1) is 38.4. The van der Waals surface area contributed by atoms with E-state index in [-0.39, 0.29) is 0 Å². The Morgan fingerprint density at radius 2 is 1.22 bits per heavy atom. The highest BCUT2D eigenvalue weighted by molar-refractivity contribution is 5.93. The van der Waals surface area contributed by atoms with Crippen molar-refractivity contribution in [2.24, 2.45) is 22.7 Å². The molecule has 0 saturated heterocycles. The van der Waals surface area contributed by atoms with Crippen molar-refractivity contribution in [1.29, 1.82) is 0 Å². The van der Waals surface area contributed by atoms with E-state index in [0.29, 0.717) is 5.92 Å². The van der Waals surface area contributed by atoms with Crippen molar-refractivity contribution in [3.63, 3.8) is 0 Å². The standard InChI is InChI=1S/C14H25N.C8H18.C7H16.C2H6/c1-6-8-9-13(4)15-14(5)11-10-12(3)7-2;1-4-6-8(3)7-5-2;1-4-6-7(3)5-2;1-2/h10-12H,4,6-9H2,1-3,5H3;8H,4-7H2,1-3H3;7H,4-6H2,1-3H3;1-2H3/b11-10-,15-14?;;;. The van der Waals surface area contributed by atoms with E-state index in [4.69, 9.17) is 0 Å². The molecule has 2 atom stereocenters. The van der Waals surface area contributed by atoms with Crippen molar-refractivity contribution in [3.05, 3.63) is 24.4 Å². The highest BCUT2D eigenvalue weighted by Gasteiger charge is 1.96. The summed E-state index contributed by atoms with van der Waals surface area (Å²) in [4.78, 5) is 4.46. The van der Waals surface area contributed by atoms with Crippen LogP contribution in [-0.2, 0) is 0 Å². The fourth-order valence-corrected chi connectivity index (χ4v) is 2.99. The highest BCUT2D eigenvalue weighted by atomic mass is 14.7. The summed E-state index contributed by atoms with van der Waals surface area (Å²) in [5.41, 5.74) is 2.07. The smallest absolute Gasteiger partial charge is 0.0372 e. The molecule has 0 saturated carbocycles. The Labute approximate surface area is 206 Å². The van der Waals surface area contributed by atoms with Crippen LogP contribution in [0.1, 0.15) is 154 Å². The summed E-state index contributed by atoms with van der Waals surface area (Å²) in [6, 6.07) is 0. The second-order valence-corrected chi connectivity index (χ2v) is 9.15. The number of aliphatic imine (C=N–C) groups is 1. The van der Waals surface area contributed by atoms with Crippen molar-refractivity contribution >= 4 is 5.71 Å². The van der Waals surface area contributed by atoms with Gasteiger partial charge >= 0.3 is 0 Å². The van der Waals surface area contributed by atoms with Gasteiger partial charge in [-0.1, -0.05) is 147 Å². The van der Waals surface area contributed by atoms with Crippen molar-refractivity contribution in [2.75, 3.05) is 0 Å². The topological polar surface area (TPSA) is 12.4 Å². The Kier molecular flexibility index (Phi) is 38.8. The number of allylic oxidation sites excluding steroid dienone is 3. The van der Waals surface area contributed by atoms with E-state index < -0.39 is 0 Å². The van der Waals surface area contributed by atoms with Gasteiger partial charge in [-0.3, -0.25) is 4.99 Å². The summed E-state index contributed by atoms with van der Waals surface area (Å²) in [5, 5.41) is 0. The third kappa shape index (κ3) is 36.5. The third-order valence-electron chi connectivity index (χ3n) is 5.50. The summed E-state index contributed by atoms with van der Waals surface area (Å²) in [6.45, 7) is 30.3. The average Bonchev–Trinajstić information content (AvgIpc) is 2.78. The second-order valence-electron chi connectivity index (χ2n) is 9.15. The first-order chi connectivity index (χ1) is 15.2. The molecule has 0 rings (SSSR count). The molecule has 32 heavy (non-hydrogen) atoms. The highest BCUT2D eigenvalue weighted by Crippen LogP contribution is 2.11. The molecule has 0 aromatic heterocycles. The molecule has 0 aromatic carbocycles. The van der Waals surface area contributed by atoms with Crippen LogP contribution in [0.25, 0.3) is 0 Å². The molecule has 0 aliphatic heterocycles. The molecule has 1 nitrogen and oxygen atoms in total. The van der Waals surface area contributed by atoms with Crippen LogP contribution < -0.4 is 0 Å². The lowest BCUT2D eigenvalue weighted by molar-refractivity contribution is 0.480. The van der Waals surface area contributed by atoms with Gasteiger partial charge in [0.25, 0.3) is 0 Å². The van der Waals surface area contributed by atoms with Crippen molar-refractivity contribution < 1.29 is 0 Å². The van der Waals surface area contributed by atoms with Gasteiger partial charge in [-0.15, -0.1) is 0 Å². The SMILES string of the molecule is C=C(CCCC)N=C(C)/C=C\C(C)CC.CC.CCCC(C)CC.CCCC(C)CCC. The van der Waals surface area contributed by atoms with Crippen molar-refractivity contribution in [2.45, 2.75) is 154 Å². The molecule has 194 valence electrons. The maximum Gasteiger partial charge on any atom is 0.0372 e. The number of rotatable bonds is 14. The van der Waals surface area contributed by atoms with Crippen molar-refractivity contribution in [3.8, 4) is 0 Å². The van der Waals surface area contributed by atoms with Crippen molar-refractivity contribution in [1.82, 2.24) is 0 Å². The van der Waals surface area contributed by atoms with E-state index in [1.54, 1.807) is 0 Å². The van der Waals surface area contributed by atoms with E-state index in [9.17, 15) is 0 Å². The molecule has 0 radical (unpaired) electrons. The second kappa shape index (κ2) is 32.3. The summed E-state index contributed by atoms with van der Waals surface area (Å²) in [6.07, 6.45) is 18.5. The largest absolute Gasteiger partial charge is 0.259 e. The molecule has 0 aliphatic rings. The average molecular weight is 452 g/mol. The maximum atomic E-state index is 4.46. The minimum Gasteiger partial charge on any atom is -0.259 e. The van der Waals surface area contributed by atoms with Crippen LogP contribution in [0.4, 0.5) is 0 Å². The van der Waals surface area contributed by atoms with Crippen LogP contribution in [0.2, 0.25) is 0 Å². The zero-order valence-electron chi connectivity index (χ0n) is 24.8. The molecular formula is C31H65N. The molecule has 0 heterocycles. The molecule has 0 amide bonds. The normalized spacial score (nSPS) is 12.7. The predicted octanol–water partition coefficient (Wildman–Crippen LogP) is 11.8. The van der Waals surface area contributed by atoms with Gasteiger partial charge in [-0.2, -0.15) is 0 Å². The van der Waals surface area contributed by atoms with Gasteiger partial charge < -0.3 is 0 Å². The van der Waals surface area contributed by atoms with Crippen LogP contribution in [0.15, 0.2) is 29.4 Å². The van der Waals surface area contributed by atoms with Crippen LogP contribution in [-0.4, -0.2) is 5.71 Å². The van der Waals surface area contributed by atoms with Crippen LogP contribution >= 0.6 is 0 Å². The van der Waals surface area contributed by atoms with Gasteiger partial charge in [0.05, 0.1) is 0 Å². The molecule has 0 N–H and O–H groups in total. The summed E-state index contributed by atoms with van der Waals surface area (Å²) in [7, 11) is 0. The molecule has 0 aromatic rings. The molecule has 0 fully saturated rings. The lowest BCUT2D eigenvalue weighted by atomic mass is 10.0. The predicted molar refractivity (Wildman–Crippen MR) is 155 cm³/mol. The Bertz CT molecular complexity index is 399. The van der Waals surface area contributed by atoms with E-state index in [1.807, 2.05) is 20.8 Å². The Morgan fingerprint density at radius 1 is 0.750 bits per heavy atom. The van der Waals surface area contributed by atoms with Gasteiger partial charge in [0.2, 0.25) is 0 Å². The molecule has 0 aliphatic carbocycles. The van der Waals surface area contributed by atoms with E-state index in [0.717, 1.165) is 29.7 Å². The minimum absolute atomic E-state index is 0.638. The monoisotopic (exact) mass is 452 g/mol.